The Balaban J connectivity index is 2.72. The second-order valence-corrected chi connectivity index (χ2v) is 4.60. The third kappa shape index (κ3) is 4.91. The number of nitrogens with zero attached hydrogens (tertiary/aromatic N) is 1. The fourth-order valence-electron chi connectivity index (χ4n) is 2.03. The van der Waals surface area contributed by atoms with Gasteiger partial charge in [-0.15, -0.1) is 0 Å². The van der Waals surface area contributed by atoms with Crippen LogP contribution in [0.4, 0.5) is 0 Å². The molecule has 0 radical (unpaired) electrons. The maximum absolute atomic E-state index is 11.2. The van der Waals surface area contributed by atoms with Crippen molar-refractivity contribution in [2.24, 2.45) is 0 Å². The molecule has 1 aromatic carbocycles. The van der Waals surface area contributed by atoms with E-state index in [2.05, 4.69) is 9.64 Å². The van der Waals surface area contributed by atoms with Gasteiger partial charge in [0.15, 0.2) is 0 Å². The van der Waals surface area contributed by atoms with Crippen molar-refractivity contribution >= 4 is 5.97 Å². The Kier molecular flexibility index (Phi) is 6.36. The zero-order chi connectivity index (χ0) is 14.3. The first-order valence-corrected chi connectivity index (χ1v) is 6.54. The van der Waals surface area contributed by atoms with Crippen LogP contribution in [-0.4, -0.2) is 38.7 Å². The highest BCUT2D eigenvalue weighted by Crippen LogP contribution is 2.25. The number of carbonyl (C=O) groups is 1. The zero-order valence-electron chi connectivity index (χ0n) is 12.2. The molecule has 0 aliphatic rings. The third-order valence-electron chi connectivity index (χ3n) is 3.05. The molecule has 1 atom stereocenters. The molecule has 0 fully saturated rings. The summed E-state index contributed by atoms with van der Waals surface area (Å²) in [5.41, 5.74) is 1.18. The molecule has 0 heterocycles. The Morgan fingerprint density at radius 2 is 1.89 bits per heavy atom. The van der Waals surface area contributed by atoms with Crippen LogP contribution in [0.15, 0.2) is 24.3 Å². The first-order valence-electron chi connectivity index (χ1n) is 6.54. The topological polar surface area (TPSA) is 38.8 Å². The van der Waals surface area contributed by atoms with Crippen molar-refractivity contribution in [2.45, 2.75) is 25.8 Å². The van der Waals surface area contributed by atoms with E-state index in [0.717, 1.165) is 12.2 Å². The summed E-state index contributed by atoms with van der Waals surface area (Å²) < 4.78 is 10.1. The molecule has 1 aromatic rings. The number of hydrogen-bond acceptors (Lipinski definition) is 4. The SMILES string of the molecule is CCOc1ccc(C(CCC(=O)OC)N(C)C)cc1. The van der Waals surface area contributed by atoms with Gasteiger partial charge in [0.1, 0.15) is 5.75 Å². The van der Waals surface area contributed by atoms with E-state index < -0.39 is 0 Å². The highest BCUT2D eigenvalue weighted by Gasteiger charge is 2.16. The average Bonchev–Trinajstić information content (AvgIpc) is 2.40. The summed E-state index contributed by atoms with van der Waals surface area (Å²) >= 11 is 0. The highest BCUT2D eigenvalue weighted by atomic mass is 16.5. The Bertz CT molecular complexity index is 387. The minimum absolute atomic E-state index is 0.169. The molecule has 4 heteroatoms. The zero-order valence-corrected chi connectivity index (χ0v) is 12.2. The Labute approximate surface area is 115 Å². The van der Waals surface area contributed by atoms with Crippen molar-refractivity contribution in [1.29, 1.82) is 0 Å². The van der Waals surface area contributed by atoms with Crippen LogP contribution in [0, 0.1) is 0 Å². The molecular formula is C15H23NO3. The van der Waals surface area contributed by atoms with Crippen molar-refractivity contribution in [3.8, 4) is 5.75 Å². The van der Waals surface area contributed by atoms with Gasteiger partial charge in [-0.05, 0) is 45.1 Å². The summed E-state index contributed by atoms with van der Waals surface area (Å²) in [5.74, 6) is 0.703. The maximum Gasteiger partial charge on any atom is 0.305 e. The van der Waals surface area contributed by atoms with E-state index in [4.69, 9.17) is 4.74 Å². The summed E-state index contributed by atoms with van der Waals surface area (Å²) in [6.07, 6.45) is 1.17. The van der Waals surface area contributed by atoms with E-state index >= 15 is 0 Å². The lowest BCUT2D eigenvalue weighted by molar-refractivity contribution is -0.141. The number of methoxy groups -OCH3 is 1. The largest absolute Gasteiger partial charge is 0.494 e. The lowest BCUT2D eigenvalue weighted by Gasteiger charge is -2.24. The Morgan fingerprint density at radius 1 is 1.26 bits per heavy atom. The molecule has 0 aliphatic carbocycles. The smallest absolute Gasteiger partial charge is 0.305 e. The maximum atomic E-state index is 11.2. The van der Waals surface area contributed by atoms with Crippen LogP contribution in [0.2, 0.25) is 0 Å². The van der Waals surface area contributed by atoms with Gasteiger partial charge >= 0.3 is 5.97 Å². The molecule has 1 rings (SSSR count). The van der Waals surface area contributed by atoms with Crippen molar-refractivity contribution in [1.82, 2.24) is 4.90 Å². The second-order valence-electron chi connectivity index (χ2n) is 4.60. The van der Waals surface area contributed by atoms with Crippen LogP contribution in [0.25, 0.3) is 0 Å². The molecule has 106 valence electrons. The predicted octanol–water partition coefficient (Wildman–Crippen LogP) is 2.64. The fraction of sp³-hybridized carbons (Fsp3) is 0.533. The minimum Gasteiger partial charge on any atom is -0.494 e. The number of carbonyl (C=O) groups excluding carboxylic acids is 1. The second kappa shape index (κ2) is 7.79. The molecule has 0 aliphatic heterocycles. The van der Waals surface area contributed by atoms with Crippen LogP contribution < -0.4 is 4.74 Å². The molecule has 0 saturated heterocycles. The first kappa shape index (κ1) is 15.5. The van der Waals surface area contributed by atoms with E-state index in [1.54, 1.807) is 0 Å². The van der Waals surface area contributed by atoms with Crippen molar-refractivity contribution < 1.29 is 14.3 Å². The van der Waals surface area contributed by atoms with Crippen LogP contribution >= 0.6 is 0 Å². The fourth-order valence-corrected chi connectivity index (χ4v) is 2.03. The highest BCUT2D eigenvalue weighted by molar-refractivity contribution is 5.69. The number of ether oxygens (including phenoxy) is 2. The standard InChI is InChI=1S/C15H23NO3/c1-5-19-13-8-6-12(7-9-13)14(16(2)3)10-11-15(17)18-4/h6-9,14H,5,10-11H2,1-4H3. The minimum atomic E-state index is -0.169. The molecule has 0 bridgehead atoms. The monoisotopic (exact) mass is 265 g/mol. The molecule has 0 N–H and O–H groups in total. The molecular weight excluding hydrogens is 242 g/mol. The van der Waals surface area contributed by atoms with Crippen molar-refractivity contribution in [3.63, 3.8) is 0 Å². The van der Waals surface area contributed by atoms with E-state index in [9.17, 15) is 4.79 Å². The van der Waals surface area contributed by atoms with Gasteiger partial charge in [0.05, 0.1) is 13.7 Å². The molecule has 0 aromatic heterocycles. The Hall–Kier alpha value is -1.55. The van der Waals surface area contributed by atoms with Gasteiger partial charge in [0.2, 0.25) is 0 Å². The molecule has 0 amide bonds. The Morgan fingerprint density at radius 3 is 2.37 bits per heavy atom. The van der Waals surface area contributed by atoms with Gasteiger partial charge in [0.25, 0.3) is 0 Å². The van der Waals surface area contributed by atoms with Gasteiger partial charge in [-0.3, -0.25) is 4.79 Å². The van der Waals surface area contributed by atoms with Crippen LogP contribution in [0.3, 0.4) is 0 Å². The molecule has 19 heavy (non-hydrogen) atoms. The third-order valence-corrected chi connectivity index (χ3v) is 3.05. The van der Waals surface area contributed by atoms with Crippen LogP contribution in [-0.2, 0) is 9.53 Å². The number of esters is 1. The number of hydrogen-bond donors (Lipinski definition) is 0. The van der Waals surface area contributed by atoms with Crippen molar-refractivity contribution in [3.05, 3.63) is 29.8 Å². The summed E-state index contributed by atoms with van der Waals surface area (Å²) in [6, 6.07) is 8.23. The summed E-state index contributed by atoms with van der Waals surface area (Å²) in [4.78, 5) is 13.4. The van der Waals surface area contributed by atoms with E-state index in [1.165, 1.54) is 12.7 Å². The van der Waals surface area contributed by atoms with Gasteiger partial charge in [0, 0.05) is 12.5 Å². The normalized spacial score (nSPS) is 12.3. The van der Waals surface area contributed by atoms with Gasteiger partial charge in [-0.25, -0.2) is 0 Å². The average molecular weight is 265 g/mol. The first-order chi connectivity index (χ1) is 9.08. The van der Waals surface area contributed by atoms with Gasteiger partial charge in [-0.2, -0.15) is 0 Å². The van der Waals surface area contributed by atoms with Crippen LogP contribution in [0.5, 0.6) is 5.75 Å². The molecule has 4 nitrogen and oxygen atoms in total. The summed E-state index contributed by atoms with van der Waals surface area (Å²) in [5, 5.41) is 0. The van der Waals surface area contributed by atoms with E-state index in [0.29, 0.717) is 13.0 Å². The predicted molar refractivity (Wildman–Crippen MR) is 75.3 cm³/mol. The molecule has 1 unspecified atom stereocenters. The molecule has 0 spiro atoms. The van der Waals surface area contributed by atoms with Gasteiger partial charge in [-0.1, -0.05) is 12.1 Å². The summed E-state index contributed by atoms with van der Waals surface area (Å²) in [7, 11) is 5.45. The quantitative estimate of drug-likeness (QED) is 0.710. The lowest BCUT2D eigenvalue weighted by atomic mass is 10.0. The van der Waals surface area contributed by atoms with Crippen LogP contribution in [0.1, 0.15) is 31.4 Å². The number of benzene rings is 1. The lowest BCUT2D eigenvalue weighted by Crippen LogP contribution is -2.21. The van der Waals surface area contributed by atoms with E-state index in [1.807, 2.05) is 45.3 Å². The van der Waals surface area contributed by atoms with Crippen molar-refractivity contribution in [2.75, 3.05) is 27.8 Å². The number of rotatable bonds is 7. The molecule has 0 saturated carbocycles. The van der Waals surface area contributed by atoms with E-state index in [-0.39, 0.29) is 12.0 Å². The summed E-state index contributed by atoms with van der Waals surface area (Å²) in [6.45, 7) is 2.63. The van der Waals surface area contributed by atoms with Gasteiger partial charge < -0.3 is 14.4 Å².